The Kier molecular flexibility index (Phi) is 8.04. The molecule has 2 aromatic carbocycles. The molecule has 0 radical (unpaired) electrons. The van der Waals surface area contributed by atoms with Gasteiger partial charge < -0.3 is 4.57 Å². The summed E-state index contributed by atoms with van der Waals surface area (Å²) in [6.45, 7) is 1.74. The highest BCUT2D eigenvalue weighted by Gasteiger charge is 2.23. The van der Waals surface area contributed by atoms with Crippen molar-refractivity contribution in [3.05, 3.63) is 80.3 Å². The highest BCUT2D eigenvalue weighted by Crippen LogP contribution is 2.28. The first kappa shape index (κ1) is 24.6. The largest absolute Gasteiger partial charge is 0.373 e. The van der Waals surface area contributed by atoms with Crippen LogP contribution >= 0.6 is 22.6 Å². The van der Waals surface area contributed by atoms with E-state index in [1.165, 1.54) is 22.8 Å². The smallest absolute Gasteiger partial charge is 0.338 e. The normalized spacial score (nSPS) is 10.8. The maximum Gasteiger partial charge on any atom is 0.373 e. The average molecular weight is 564 g/mol. The molecule has 0 aliphatic carbocycles. The first-order valence-electron chi connectivity index (χ1n) is 8.57. The fourth-order valence-electron chi connectivity index (χ4n) is 2.77. The van der Waals surface area contributed by atoms with Crippen molar-refractivity contribution >= 4 is 44.5 Å². The highest BCUT2D eigenvalue weighted by atomic mass is 127. The molecule has 6 nitrogen and oxygen atoms in total. The predicted octanol–water partition coefficient (Wildman–Crippen LogP) is 4.16. The van der Waals surface area contributed by atoms with Gasteiger partial charge in [0, 0.05) is 28.3 Å². The molecule has 0 atom stereocenters. The van der Waals surface area contributed by atoms with Crippen LogP contribution in [-0.2, 0) is 33.1 Å². The zero-order valence-corrected chi connectivity index (χ0v) is 19.2. The Morgan fingerprint density at radius 1 is 1.03 bits per heavy atom. The minimum absolute atomic E-state index is 0.0267. The number of benzene rings is 2. The van der Waals surface area contributed by atoms with E-state index in [0.717, 1.165) is 12.1 Å². The summed E-state index contributed by atoms with van der Waals surface area (Å²) < 4.78 is 72.3. The van der Waals surface area contributed by atoms with Crippen LogP contribution in [0.2, 0.25) is 0 Å². The minimum Gasteiger partial charge on any atom is -0.338 e. The molecule has 0 unspecified atom stereocenters. The van der Waals surface area contributed by atoms with Crippen LogP contribution in [0, 0.1) is 27.9 Å². The molecule has 0 aliphatic rings. The maximum atomic E-state index is 14.5. The maximum absolute atomic E-state index is 14.5. The number of rotatable bonds is 5. The molecule has 0 amide bonds. The topological polar surface area (TPSA) is 85.2 Å². The van der Waals surface area contributed by atoms with Crippen molar-refractivity contribution in [2.45, 2.75) is 18.4 Å². The minimum atomic E-state index is -4.06. The van der Waals surface area contributed by atoms with Gasteiger partial charge in [-0.1, -0.05) is 6.07 Å². The fourth-order valence-corrected chi connectivity index (χ4v) is 4.56. The molecule has 11 heteroatoms. The Bertz CT molecular complexity index is 1250. The number of anilines is 1. The number of hydrogen-bond acceptors (Lipinski definition) is 4. The monoisotopic (exact) mass is 564 g/mol. The van der Waals surface area contributed by atoms with E-state index in [-0.39, 0.29) is 34.4 Å². The zero-order chi connectivity index (χ0) is 23.3. The van der Waals surface area contributed by atoms with Gasteiger partial charge in [0.05, 0.1) is 5.69 Å². The Morgan fingerprint density at radius 3 is 2.23 bits per heavy atom. The van der Waals surface area contributed by atoms with Crippen LogP contribution in [0.25, 0.3) is 0 Å². The summed E-state index contributed by atoms with van der Waals surface area (Å²) in [5.74, 6) is -2.94. The third-order valence-electron chi connectivity index (χ3n) is 4.42. The Balaban J connectivity index is 0.00000107. The van der Waals surface area contributed by atoms with E-state index in [4.69, 9.17) is 9.59 Å². The standard InChI is InChI=1S/C19H16F3IN2O2S.CO2/c1-11-3-8-18(25(11)2)28(26,27)24-17-7-6-15(20)19(22)14(17)9-12-4-5-13(23)10-16(12)21;2-1-3/h3-8,10,24H,9H2,1-2H3;. The van der Waals surface area contributed by atoms with Gasteiger partial charge in [0.1, 0.15) is 5.82 Å². The molecular formula is C20H16F3IN2O4S. The lowest BCUT2D eigenvalue weighted by Gasteiger charge is -2.15. The summed E-state index contributed by atoms with van der Waals surface area (Å²) in [5.41, 5.74) is 0.428. The summed E-state index contributed by atoms with van der Waals surface area (Å²) in [4.78, 5) is 16.2. The van der Waals surface area contributed by atoms with Crippen LogP contribution in [0.5, 0.6) is 0 Å². The molecule has 3 rings (SSSR count). The molecule has 0 spiro atoms. The summed E-state index contributed by atoms with van der Waals surface area (Å²) >= 11 is 1.93. The van der Waals surface area contributed by atoms with E-state index in [2.05, 4.69) is 4.72 Å². The van der Waals surface area contributed by atoms with Crippen LogP contribution in [0.1, 0.15) is 16.8 Å². The van der Waals surface area contributed by atoms with Crippen molar-refractivity contribution in [3.63, 3.8) is 0 Å². The first-order valence-corrected chi connectivity index (χ1v) is 11.1. The number of carbonyl (C=O) groups excluding carboxylic acids is 2. The number of nitrogens with zero attached hydrogens (tertiary/aromatic N) is 1. The number of sulfonamides is 1. The lowest BCUT2D eigenvalue weighted by atomic mass is 10.0. The van der Waals surface area contributed by atoms with Gasteiger partial charge in [-0.15, -0.1) is 0 Å². The van der Waals surface area contributed by atoms with E-state index in [9.17, 15) is 21.6 Å². The van der Waals surface area contributed by atoms with Gasteiger partial charge in [0.15, 0.2) is 16.7 Å². The molecule has 0 saturated carbocycles. The Morgan fingerprint density at radius 2 is 1.68 bits per heavy atom. The average Bonchev–Trinajstić information content (AvgIpc) is 3.03. The van der Waals surface area contributed by atoms with Gasteiger partial charge in [-0.3, -0.25) is 4.72 Å². The third-order valence-corrected chi connectivity index (χ3v) is 6.55. The lowest BCUT2D eigenvalue weighted by molar-refractivity contribution is -0.191. The second-order valence-electron chi connectivity index (χ2n) is 6.36. The first-order chi connectivity index (χ1) is 14.5. The van der Waals surface area contributed by atoms with E-state index >= 15 is 0 Å². The van der Waals surface area contributed by atoms with Crippen molar-refractivity contribution in [2.24, 2.45) is 7.05 Å². The fraction of sp³-hybridized carbons (Fsp3) is 0.150. The molecule has 0 saturated heterocycles. The van der Waals surface area contributed by atoms with Crippen LogP contribution in [-0.4, -0.2) is 19.1 Å². The van der Waals surface area contributed by atoms with E-state index in [0.29, 0.717) is 9.26 Å². The summed E-state index contributed by atoms with van der Waals surface area (Å²) in [6.07, 6.45) is -0.0592. The molecular weight excluding hydrogens is 548 g/mol. The summed E-state index contributed by atoms with van der Waals surface area (Å²) in [5, 5.41) is -0.0267. The second kappa shape index (κ2) is 10.1. The number of nitrogens with one attached hydrogen (secondary N) is 1. The van der Waals surface area contributed by atoms with Gasteiger partial charge in [-0.05, 0) is 71.5 Å². The van der Waals surface area contributed by atoms with Gasteiger partial charge in [-0.2, -0.15) is 18.0 Å². The van der Waals surface area contributed by atoms with Crippen LogP contribution in [0.4, 0.5) is 18.9 Å². The quantitative estimate of drug-likeness (QED) is 0.472. The zero-order valence-electron chi connectivity index (χ0n) is 16.2. The molecule has 3 aromatic rings. The molecule has 1 N–H and O–H groups in total. The molecule has 31 heavy (non-hydrogen) atoms. The van der Waals surface area contributed by atoms with Crippen LogP contribution in [0.15, 0.2) is 47.5 Å². The van der Waals surface area contributed by atoms with Crippen molar-refractivity contribution in [1.82, 2.24) is 4.57 Å². The summed E-state index contributed by atoms with van der Waals surface area (Å²) in [7, 11) is -2.48. The van der Waals surface area contributed by atoms with Gasteiger partial charge in [0.2, 0.25) is 0 Å². The number of hydrogen-bond donors (Lipinski definition) is 1. The molecule has 164 valence electrons. The van der Waals surface area contributed by atoms with Crippen LogP contribution in [0.3, 0.4) is 0 Å². The van der Waals surface area contributed by atoms with E-state index < -0.39 is 27.5 Å². The molecule has 1 aromatic heterocycles. The molecule has 0 bridgehead atoms. The van der Waals surface area contributed by atoms with Gasteiger partial charge in [0.25, 0.3) is 10.0 Å². The highest BCUT2D eigenvalue weighted by molar-refractivity contribution is 14.1. The molecule has 1 heterocycles. The Labute approximate surface area is 190 Å². The van der Waals surface area contributed by atoms with Crippen LogP contribution < -0.4 is 4.72 Å². The number of aryl methyl sites for hydroxylation is 1. The third kappa shape index (κ3) is 5.75. The molecule has 0 aliphatic heterocycles. The van der Waals surface area contributed by atoms with Crippen molar-refractivity contribution in [1.29, 1.82) is 0 Å². The lowest BCUT2D eigenvalue weighted by Crippen LogP contribution is -2.18. The number of halogens is 4. The van der Waals surface area contributed by atoms with Gasteiger partial charge >= 0.3 is 6.15 Å². The summed E-state index contributed by atoms with van der Waals surface area (Å²) in [6, 6.07) is 9.36. The van der Waals surface area contributed by atoms with E-state index in [1.54, 1.807) is 26.1 Å². The predicted molar refractivity (Wildman–Crippen MR) is 114 cm³/mol. The SMILES string of the molecule is Cc1ccc(S(=O)(=O)Nc2ccc(F)c(F)c2Cc2ccc(I)cc2F)n1C.O=C=O. The van der Waals surface area contributed by atoms with Crippen molar-refractivity contribution < 1.29 is 31.2 Å². The molecule has 0 fully saturated rings. The second-order valence-corrected chi connectivity index (χ2v) is 9.24. The van der Waals surface area contributed by atoms with Crippen molar-refractivity contribution in [2.75, 3.05) is 4.72 Å². The van der Waals surface area contributed by atoms with Crippen molar-refractivity contribution in [3.8, 4) is 0 Å². The Hall–Kier alpha value is -2.63. The van der Waals surface area contributed by atoms with Gasteiger partial charge in [-0.25, -0.2) is 13.2 Å². The number of aromatic nitrogens is 1. The van der Waals surface area contributed by atoms with E-state index in [1.807, 2.05) is 22.6 Å².